The van der Waals surface area contributed by atoms with Gasteiger partial charge in [-0.3, -0.25) is 19.9 Å². The summed E-state index contributed by atoms with van der Waals surface area (Å²) in [6.07, 6.45) is 0. The molecule has 0 aliphatic carbocycles. The van der Waals surface area contributed by atoms with Crippen LogP contribution in [0.3, 0.4) is 0 Å². The number of β-amino-alcohol motifs (C(OH)–C–C–N with tert-alkyl or cyclic N) is 1. The minimum atomic E-state index is -0.445. The van der Waals surface area contributed by atoms with Crippen molar-refractivity contribution in [2.24, 2.45) is 0 Å². The predicted molar refractivity (Wildman–Crippen MR) is 85.2 cm³/mol. The summed E-state index contributed by atoms with van der Waals surface area (Å²) in [7, 11) is 0. The molecule has 0 radical (unpaired) electrons. The largest absolute Gasteiger partial charge is 0.419 e. The molecule has 0 saturated carbocycles. The Bertz CT molecular complexity index is 679. The zero-order valence-corrected chi connectivity index (χ0v) is 13.2. The molecule has 3 rings (SSSR count). The summed E-state index contributed by atoms with van der Waals surface area (Å²) in [6.45, 7) is 5.05. The van der Waals surface area contributed by atoms with Crippen LogP contribution < -0.4 is 0 Å². The highest BCUT2D eigenvalue weighted by Crippen LogP contribution is 2.21. The van der Waals surface area contributed by atoms with Crippen molar-refractivity contribution >= 4 is 5.69 Å². The Morgan fingerprint density at radius 1 is 1.12 bits per heavy atom. The van der Waals surface area contributed by atoms with Gasteiger partial charge in [-0.15, -0.1) is 10.2 Å². The van der Waals surface area contributed by atoms with Gasteiger partial charge in [0.25, 0.3) is 5.69 Å². The summed E-state index contributed by atoms with van der Waals surface area (Å²) in [5.41, 5.74) is 0.686. The Morgan fingerprint density at radius 3 is 2.42 bits per heavy atom. The average molecular weight is 333 g/mol. The second-order valence-corrected chi connectivity index (χ2v) is 5.65. The van der Waals surface area contributed by atoms with E-state index in [1.165, 1.54) is 12.1 Å². The van der Waals surface area contributed by atoms with Gasteiger partial charge in [-0.05, 0) is 12.1 Å². The highest BCUT2D eigenvalue weighted by atomic mass is 16.6. The first-order chi connectivity index (χ1) is 11.7. The van der Waals surface area contributed by atoms with Crippen LogP contribution in [-0.4, -0.2) is 69.4 Å². The molecule has 2 aromatic rings. The number of benzene rings is 1. The lowest BCUT2D eigenvalue weighted by Gasteiger charge is -2.33. The van der Waals surface area contributed by atoms with E-state index in [2.05, 4.69) is 20.0 Å². The Morgan fingerprint density at radius 2 is 1.79 bits per heavy atom. The van der Waals surface area contributed by atoms with Gasteiger partial charge >= 0.3 is 0 Å². The molecule has 24 heavy (non-hydrogen) atoms. The molecule has 128 valence electrons. The molecule has 0 bridgehead atoms. The highest BCUT2D eigenvalue weighted by Gasteiger charge is 2.19. The van der Waals surface area contributed by atoms with Crippen LogP contribution in [0.15, 0.2) is 28.7 Å². The number of nitrogens with zero attached hydrogens (tertiary/aromatic N) is 5. The summed E-state index contributed by atoms with van der Waals surface area (Å²) in [5, 5.41) is 27.7. The molecule has 1 saturated heterocycles. The molecule has 1 aliphatic heterocycles. The van der Waals surface area contributed by atoms with Crippen LogP contribution in [-0.2, 0) is 6.54 Å². The predicted octanol–water partition coefficient (Wildman–Crippen LogP) is 0.755. The van der Waals surface area contributed by atoms with E-state index in [0.29, 0.717) is 30.4 Å². The highest BCUT2D eigenvalue weighted by molar-refractivity contribution is 5.55. The number of rotatable bonds is 6. The topological polar surface area (TPSA) is 109 Å². The number of non-ortho nitro benzene ring substituents is 1. The average Bonchev–Trinajstić information content (AvgIpc) is 3.05. The van der Waals surface area contributed by atoms with Gasteiger partial charge in [0.2, 0.25) is 11.8 Å². The minimum absolute atomic E-state index is 0.0271. The molecule has 0 unspecified atom stereocenters. The Balaban J connectivity index is 1.59. The van der Waals surface area contributed by atoms with Crippen molar-refractivity contribution in [2.45, 2.75) is 6.54 Å². The first-order valence-electron chi connectivity index (χ1n) is 7.78. The summed E-state index contributed by atoms with van der Waals surface area (Å²) >= 11 is 0. The normalized spacial score (nSPS) is 16.4. The maximum atomic E-state index is 10.7. The van der Waals surface area contributed by atoms with E-state index in [9.17, 15) is 10.1 Å². The van der Waals surface area contributed by atoms with Crippen molar-refractivity contribution in [3.63, 3.8) is 0 Å². The number of nitro groups is 1. The number of aliphatic hydroxyl groups is 1. The zero-order valence-electron chi connectivity index (χ0n) is 13.2. The van der Waals surface area contributed by atoms with Gasteiger partial charge in [-0.2, -0.15) is 0 Å². The number of hydrogen-bond donors (Lipinski definition) is 1. The SMILES string of the molecule is O=[N+]([O-])c1ccc(-c2nnc(CN3CCN(CCO)CC3)o2)cc1. The van der Waals surface area contributed by atoms with Gasteiger partial charge < -0.3 is 9.52 Å². The Hall–Kier alpha value is -2.36. The molecule has 9 heteroatoms. The number of aliphatic hydroxyl groups excluding tert-OH is 1. The molecule has 0 spiro atoms. The third-order valence-electron chi connectivity index (χ3n) is 4.03. The van der Waals surface area contributed by atoms with E-state index in [0.717, 1.165) is 26.2 Å². The van der Waals surface area contributed by atoms with E-state index >= 15 is 0 Å². The number of aromatic nitrogens is 2. The smallest absolute Gasteiger partial charge is 0.269 e. The first kappa shape index (κ1) is 16.5. The fraction of sp³-hybridized carbons (Fsp3) is 0.467. The van der Waals surface area contributed by atoms with Crippen LogP contribution in [0.4, 0.5) is 5.69 Å². The summed E-state index contributed by atoms with van der Waals surface area (Å²) in [4.78, 5) is 14.7. The second-order valence-electron chi connectivity index (χ2n) is 5.65. The van der Waals surface area contributed by atoms with Crippen molar-refractivity contribution in [3.05, 3.63) is 40.3 Å². The van der Waals surface area contributed by atoms with Crippen LogP contribution in [0.1, 0.15) is 5.89 Å². The van der Waals surface area contributed by atoms with Gasteiger partial charge in [0.05, 0.1) is 18.1 Å². The summed E-state index contributed by atoms with van der Waals surface area (Å²) < 4.78 is 5.66. The fourth-order valence-corrected chi connectivity index (χ4v) is 2.66. The molecule has 1 aliphatic rings. The zero-order chi connectivity index (χ0) is 16.9. The number of nitro benzene ring substituents is 1. The molecule has 1 N–H and O–H groups in total. The quantitative estimate of drug-likeness (QED) is 0.609. The van der Waals surface area contributed by atoms with Gasteiger partial charge in [-0.25, -0.2) is 0 Å². The molecular weight excluding hydrogens is 314 g/mol. The van der Waals surface area contributed by atoms with Crippen LogP contribution in [0.2, 0.25) is 0 Å². The molecular formula is C15H19N5O4. The van der Waals surface area contributed by atoms with Crippen LogP contribution in [0.5, 0.6) is 0 Å². The van der Waals surface area contributed by atoms with Crippen molar-refractivity contribution in [3.8, 4) is 11.5 Å². The number of hydrogen-bond acceptors (Lipinski definition) is 8. The Labute approximate surface area is 138 Å². The lowest BCUT2D eigenvalue weighted by Crippen LogP contribution is -2.46. The molecule has 9 nitrogen and oxygen atoms in total. The van der Waals surface area contributed by atoms with Crippen LogP contribution >= 0.6 is 0 Å². The van der Waals surface area contributed by atoms with Crippen LogP contribution in [0, 0.1) is 10.1 Å². The van der Waals surface area contributed by atoms with E-state index < -0.39 is 4.92 Å². The van der Waals surface area contributed by atoms with E-state index in [-0.39, 0.29) is 12.3 Å². The molecule has 1 fully saturated rings. The van der Waals surface area contributed by atoms with E-state index in [4.69, 9.17) is 9.52 Å². The standard InChI is InChI=1S/C15H19N5O4/c21-10-9-18-5-7-19(8-6-18)11-14-16-17-15(24-14)12-1-3-13(4-2-12)20(22)23/h1-4,21H,5-11H2. The van der Waals surface area contributed by atoms with Gasteiger partial charge in [-0.1, -0.05) is 0 Å². The fourth-order valence-electron chi connectivity index (χ4n) is 2.66. The van der Waals surface area contributed by atoms with Crippen molar-refractivity contribution in [2.75, 3.05) is 39.3 Å². The van der Waals surface area contributed by atoms with Crippen molar-refractivity contribution in [1.82, 2.24) is 20.0 Å². The van der Waals surface area contributed by atoms with Gasteiger partial charge in [0, 0.05) is 50.4 Å². The van der Waals surface area contributed by atoms with Crippen molar-refractivity contribution < 1.29 is 14.4 Å². The molecule has 0 atom stereocenters. The second kappa shape index (κ2) is 7.47. The summed E-state index contributed by atoms with van der Waals surface area (Å²) in [5.74, 6) is 0.887. The lowest BCUT2D eigenvalue weighted by atomic mass is 10.2. The van der Waals surface area contributed by atoms with Gasteiger partial charge in [0.1, 0.15) is 0 Å². The van der Waals surface area contributed by atoms with Gasteiger partial charge in [0.15, 0.2) is 0 Å². The molecule has 0 amide bonds. The Kier molecular flexibility index (Phi) is 5.14. The maximum absolute atomic E-state index is 10.7. The first-order valence-corrected chi connectivity index (χ1v) is 7.78. The van der Waals surface area contributed by atoms with E-state index in [1.807, 2.05) is 0 Å². The molecule has 2 heterocycles. The number of piperazine rings is 1. The van der Waals surface area contributed by atoms with Crippen molar-refractivity contribution in [1.29, 1.82) is 0 Å². The third kappa shape index (κ3) is 3.94. The monoisotopic (exact) mass is 333 g/mol. The minimum Gasteiger partial charge on any atom is -0.419 e. The maximum Gasteiger partial charge on any atom is 0.269 e. The lowest BCUT2D eigenvalue weighted by molar-refractivity contribution is -0.384. The van der Waals surface area contributed by atoms with Crippen LogP contribution in [0.25, 0.3) is 11.5 Å². The van der Waals surface area contributed by atoms with E-state index in [1.54, 1.807) is 12.1 Å². The summed E-state index contributed by atoms with van der Waals surface area (Å²) in [6, 6.07) is 6.03. The molecule has 1 aromatic heterocycles. The third-order valence-corrected chi connectivity index (χ3v) is 4.03. The molecule has 1 aromatic carbocycles.